The van der Waals surface area contributed by atoms with E-state index >= 15 is 0 Å². The molecular weight excluding hydrogens is 248 g/mol. The lowest BCUT2D eigenvalue weighted by Crippen LogP contribution is -1.91. The molecular formula is C15H15ClO2. The average Bonchev–Trinajstić information content (AvgIpc) is 2.46. The van der Waals surface area contributed by atoms with Crippen LogP contribution in [0.3, 0.4) is 0 Å². The summed E-state index contributed by atoms with van der Waals surface area (Å²) in [4.78, 5) is 0. The maximum absolute atomic E-state index is 5.97. The number of halogens is 1. The molecule has 94 valence electrons. The van der Waals surface area contributed by atoms with E-state index in [0.717, 1.165) is 28.2 Å². The van der Waals surface area contributed by atoms with Crippen LogP contribution in [0.5, 0.6) is 11.5 Å². The first-order chi connectivity index (χ1) is 8.78. The minimum atomic E-state index is 0.482. The monoisotopic (exact) mass is 262 g/mol. The van der Waals surface area contributed by atoms with Gasteiger partial charge in [0.25, 0.3) is 0 Å². The number of benzene rings is 2. The van der Waals surface area contributed by atoms with Gasteiger partial charge >= 0.3 is 0 Å². The Morgan fingerprint density at radius 2 is 1.56 bits per heavy atom. The third kappa shape index (κ3) is 2.59. The molecule has 0 heterocycles. The summed E-state index contributed by atoms with van der Waals surface area (Å²) in [6.45, 7) is 0. The van der Waals surface area contributed by atoms with Crippen molar-refractivity contribution in [2.24, 2.45) is 0 Å². The van der Waals surface area contributed by atoms with Crippen LogP contribution in [-0.4, -0.2) is 14.2 Å². The quantitative estimate of drug-likeness (QED) is 0.772. The third-order valence-electron chi connectivity index (χ3n) is 2.82. The lowest BCUT2D eigenvalue weighted by Gasteiger charge is -2.11. The van der Waals surface area contributed by atoms with Crippen molar-refractivity contribution in [1.82, 2.24) is 0 Å². The van der Waals surface area contributed by atoms with Gasteiger partial charge in [-0.05, 0) is 28.8 Å². The molecule has 0 fully saturated rings. The molecule has 2 nitrogen and oxygen atoms in total. The summed E-state index contributed by atoms with van der Waals surface area (Å²) in [6.07, 6.45) is 0. The summed E-state index contributed by atoms with van der Waals surface area (Å²) in [7, 11) is 3.29. The van der Waals surface area contributed by atoms with E-state index in [9.17, 15) is 0 Å². The molecule has 2 aromatic carbocycles. The van der Waals surface area contributed by atoms with Gasteiger partial charge in [-0.3, -0.25) is 0 Å². The van der Waals surface area contributed by atoms with E-state index in [1.807, 2.05) is 42.5 Å². The van der Waals surface area contributed by atoms with Gasteiger partial charge in [0, 0.05) is 11.9 Å². The molecule has 0 saturated carbocycles. The van der Waals surface area contributed by atoms with Crippen molar-refractivity contribution < 1.29 is 9.47 Å². The van der Waals surface area contributed by atoms with Crippen molar-refractivity contribution in [2.75, 3.05) is 14.2 Å². The second-order valence-corrected chi connectivity index (χ2v) is 4.16. The van der Waals surface area contributed by atoms with Gasteiger partial charge in [-0.25, -0.2) is 0 Å². The van der Waals surface area contributed by atoms with Crippen LogP contribution in [-0.2, 0) is 5.88 Å². The topological polar surface area (TPSA) is 18.5 Å². The highest BCUT2D eigenvalue weighted by atomic mass is 35.5. The molecule has 0 spiro atoms. The highest BCUT2D eigenvalue weighted by Gasteiger charge is 2.07. The Bertz CT molecular complexity index is 516. The van der Waals surface area contributed by atoms with Crippen LogP contribution >= 0.6 is 11.6 Å². The number of methoxy groups -OCH3 is 2. The summed E-state index contributed by atoms with van der Waals surface area (Å²) in [5.74, 6) is 2.03. The fraction of sp³-hybridized carbons (Fsp3) is 0.200. The SMILES string of the molecule is COc1cc(OC)cc(-c2ccccc2CCl)c1. The molecule has 0 aromatic heterocycles. The van der Waals surface area contributed by atoms with Crippen molar-refractivity contribution in [3.05, 3.63) is 48.0 Å². The zero-order valence-electron chi connectivity index (χ0n) is 10.4. The van der Waals surface area contributed by atoms with E-state index in [1.54, 1.807) is 14.2 Å². The maximum atomic E-state index is 5.97. The summed E-state index contributed by atoms with van der Waals surface area (Å²) in [5, 5.41) is 0. The van der Waals surface area contributed by atoms with Crippen LogP contribution in [0.15, 0.2) is 42.5 Å². The molecule has 0 unspecified atom stereocenters. The van der Waals surface area contributed by atoms with Crippen molar-refractivity contribution in [2.45, 2.75) is 5.88 Å². The molecule has 3 heteroatoms. The predicted molar refractivity (Wildman–Crippen MR) is 74.5 cm³/mol. The molecule has 0 aliphatic heterocycles. The molecule has 0 atom stereocenters. The van der Waals surface area contributed by atoms with Crippen molar-refractivity contribution in [1.29, 1.82) is 0 Å². The van der Waals surface area contributed by atoms with Gasteiger partial charge in [0.2, 0.25) is 0 Å². The standard InChI is InChI=1S/C15H15ClO2/c1-17-13-7-12(8-14(9-13)18-2)15-6-4-3-5-11(15)10-16/h3-9H,10H2,1-2H3. The van der Waals surface area contributed by atoms with Crippen LogP contribution < -0.4 is 9.47 Å². The van der Waals surface area contributed by atoms with E-state index in [-0.39, 0.29) is 0 Å². The Kier molecular flexibility index (Phi) is 4.11. The maximum Gasteiger partial charge on any atom is 0.123 e. The Hall–Kier alpha value is -1.67. The summed E-state index contributed by atoms with van der Waals surface area (Å²) < 4.78 is 10.6. The lowest BCUT2D eigenvalue weighted by atomic mass is 10.00. The molecule has 2 rings (SSSR count). The minimum Gasteiger partial charge on any atom is -0.497 e. The van der Waals surface area contributed by atoms with E-state index in [2.05, 4.69) is 0 Å². The van der Waals surface area contributed by atoms with Crippen LogP contribution in [0.1, 0.15) is 5.56 Å². The Balaban J connectivity index is 2.55. The van der Waals surface area contributed by atoms with E-state index in [0.29, 0.717) is 5.88 Å². The van der Waals surface area contributed by atoms with Crippen LogP contribution in [0.25, 0.3) is 11.1 Å². The molecule has 0 N–H and O–H groups in total. The Morgan fingerprint density at radius 1 is 0.944 bits per heavy atom. The fourth-order valence-corrected chi connectivity index (χ4v) is 2.11. The minimum absolute atomic E-state index is 0.482. The fourth-order valence-electron chi connectivity index (χ4n) is 1.88. The highest BCUT2D eigenvalue weighted by Crippen LogP contribution is 2.32. The zero-order valence-corrected chi connectivity index (χ0v) is 11.2. The van der Waals surface area contributed by atoms with Crippen LogP contribution in [0.2, 0.25) is 0 Å². The molecule has 2 aromatic rings. The zero-order chi connectivity index (χ0) is 13.0. The second-order valence-electron chi connectivity index (χ2n) is 3.89. The third-order valence-corrected chi connectivity index (χ3v) is 3.11. The molecule has 0 saturated heterocycles. The van der Waals surface area contributed by atoms with E-state index in [4.69, 9.17) is 21.1 Å². The first-order valence-corrected chi connectivity index (χ1v) is 6.19. The number of hydrogen-bond donors (Lipinski definition) is 0. The van der Waals surface area contributed by atoms with Crippen LogP contribution in [0.4, 0.5) is 0 Å². The molecule has 0 aliphatic rings. The summed E-state index contributed by atoms with van der Waals surface area (Å²) >= 11 is 5.97. The van der Waals surface area contributed by atoms with Gasteiger partial charge < -0.3 is 9.47 Å². The second kappa shape index (κ2) is 5.78. The van der Waals surface area contributed by atoms with Gasteiger partial charge in [0.1, 0.15) is 11.5 Å². The highest BCUT2D eigenvalue weighted by molar-refractivity contribution is 6.17. The van der Waals surface area contributed by atoms with Crippen molar-refractivity contribution in [3.63, 3.8) is 0 Å². The largest absolute Gasteiger partial charge is 0.497 e. The summed E-state index contributed by atoms with van der Waals surface area (Å²) in [5.41, 5.74) is 3.24. The van der Waals surface area contributed by atoms with Crippen molar-refractivity contribution in [3.8, 4) is 22.6 Å². The normalized spacial score (nSPS) is 10.2. The molecule has 0 bridgehead atoms. The molecule has 0 amide bonds. The van der Waals surface area contributed by atoms with Gasteiger partial charge in [0.05, 0.1) is 14.2 Å². The first kappa shape index (κ1) is 12.8. The smallest absolute Gasteiger partial charge is 0.123 e. The van der Waals surface area contributed by atoms with E-state index < -0.39 is 0 Å². The van der Waals surface area contributed by atoms with Crippen molar-refractivity contribution >= 4 is 11.6 Å². The van der Waals surface area contributed by atoms with Gasteiger partial charge in [0.15, 0.2) is 0 Å². The lowest BCUT2D eigenvalue weighted by molar-refractivity contribution is 0.394. The molecule has 18 heavy (non-hydrogen) atoms. The summed E-state index contributed by atoms with van der Waals surface area (Å²) in [6, 6.07) is 13.9. The van der Waals surface area contributed by atoms with Gasteiger partial charge in [-0.15, -0.1) is 11.6 Å². The number of rotatable bonds is 4. The van der Waals surface area contributed by atoms with Gasteiger partial charge in [-0.2, -0.15) is 0 Å². The van der Waals surface area contributed by atoms with Gasteiger partial charge in [-0.1, -0.05) is 24.3 Å². The average molecular weight is 263 g/mol. The Labute approximate surface area is 112 Å². The predicted octanol–water partition coefficient (Wildman–Crippen LogP) is 4.11. The molecule has 0 aliphatic carbocycles. The number of hydrogen-bond acceptors (Lipinski definition) is 2. The van der Waals surface area contributed by atoms with E-state index in [1.165, 1.54) is 0 Å². The van der Waals surface area contributed by atoms with Crippen LogP contribution in [0, 0.1) is 0 Å². The first-order valence-electron chi connectivity index (χ1n) is 5.65. The Morgan fingerprint density at radius 3 is 2.11 bits per heavy atom. The number of ether oxygens (including phenoxy) is 2. The molecule has 0 radical (unpaired) electrons. The number of alkyl halides is 1.